The van der Waals surface area contributed by atoms with E-state index in [2.05, 4.69) is 41.5 Å². The van der Waals surface area contributed by atoms with E-state index >= 15 is 0 Å². The molecule has 0 aromatic heterocycles. The Morgan fingerprint density at radius 3 is 1.86 bits per heavy atom. The van der Waals surface area contributed by atoms with Gasteiger partial charge in [0.1, 0.15) is 0 Å². The molecule has 0 radical (unpaired) electrons. The second-order valence-electron chi connectivity index (χ2n) is 5.68. The molecule has 0 spiro atoms. The summed E-state index contributed by atoms with van der Waals surface area (Å²) in [4.78, 5) is 0. The molecule has 0 aliphatic heterocycles. The van der Waals surface area contributed by atoms with Crippen molar-refractivity contribution in [2.75, 3.05) is 0 Å². The normalized spacial score (nSPS) is 23.4. The number of hydrogen-bond donors (Lipinski definition) is 0. The summed E-state index contributed by atoms with van der Waals surface area (Å²) in [5.74, 6) is 3.20. The summed E-state index contributed by atoms with van der Waals surface area (Å²) in [6, 6.07) is 0. The predicted molar refractivity (Wildman–Crippen MR) is 64.3 cm³/mol. The fraction of sp³-hybridized carbons (Fsp3) is 0.857. The molecule has 1 aliphatic rings. The van der Waals surface area contributed by atoms with Crippen molar-refractivity contribution in [3.63, 3.8) is 0 Å². The Morgan fingerprint density at radius 1 is 0.929 bits per heavy atom. The summed E-state index contributed by atoms with van der Waals surface area (Å²) in [6.07, 6.45) is 2.76. The van der Waals surface area contributed by atoms with Gasteiger partial charge >= 0.3 is 0 Å². The van der Waals surface area contributed by atoms with Gasteiger partial charge in [-0.3, -0.25) is 0 Å². The number of rotatable bonds is 3. The summed E-state index contributed by atoms with van der Waals surface area (Å²) in [5, 5.41) is 0. The quantitative estimate of drug-likeness (QED) is 0.573. The van der Waals surface area contributed by atoms with E-state index in [1.807, 2.05) is 0 Å². The molecule has 1 atom stereocenters. The van der Waals surface area contributed by atoms with Crippen LogP contribution in [0.5, 0.6) is 0 Å². The minimum absolute atomic E-state index is 0.752. The second kappa shape index (κ2) is 4.51. The lowest BCUT2D eigenvalue weighted by Crippen LogP contribution is -2.12. The summed E-state index contributed by atoms with van der Waals surface area (Å²) >= 11 is 0. The average molecular weight is 194 g/mol. The van der Waals surface area contributed by atoms with E-state index in [9.17, 15) is 0 Å². The fourth-order valence-corrected chi connectivity index (χ4v) is 2.96. The Balaban J connectivity index is 2.96. The summed E-state index contributed by atoms with van der Waals surface area (Å²) in [6.45, 7) is 14.2. The van der Waals surface area contributed by atoms with Gasteiger partial charge in [-0.05, 0) is 36.5 Å². The highest BCUT2D eigenvalue weighted by molar-refractivity contribution is 5.26. The molecule has 0 amide bonds. The van der Waals surface area contributed by atoms with Gasteiger partial charge in [-0.25, -0.2) is 0 Å². The number of allylic oxidation sites excluding steroid dienone is 2. The Bertz CT molecular complexity index is 218. The molecule has 0 heteroatoms. The third kappa shape index (κ3) is 2.21. The standard InChI is InChI=1S/C14H26/c1-9(2)12-7-8-13(10(3)4)14(12)11(5)6/h9-12H,7-8H2,1-6H3/t12-/m1/s1. The summed E-state index contributed by atoms with van der Waals surface area (Å²) < 4.78 is 0. The predicted octanol–water partition coefficient (Wildman–Crippen LogP) is 4.66. The molecule has 0 aromatic rings. The molecule has 0 heterocycles. The Morgan fingerprint density at radius 2 is 1.50 bits per heavy atom. The largest absolute Gasteiger partial charge is 0.0679 e. The molecular weight excluding hydrogens is 168 g/mol. The topological polar surface area (TPSA) is 0 Å². The third-order valence-corrected chi connectivity index (χ3v) is 3.62. The Kier molecular flexibility index (Phi) is 3.80. The lowest BCUT2D eigenvalue weighted by molar-refractivity contribution is 0.413. The molecule has 1 aliphatic carbocycles. The smallest absolute Gasteiger partial charge is 0.0172 e. The van der Waals surface area contributed by atoms with Crippen LogP contribution < -0.4 is 0 Å². The van der Waals surface area contributed by atoms with Crippen molar-refractivity contribution >= 4 is 0 Å². The van der Waals surface area contributed by atoms with Gasteiger partial charge in [-0.2, -0.15) is 0 Å². The maximum atomic E-state index is 2.37. The molecule has 0 N–H and O–H groups in total. The maximum Gasteiger partial charge on any atom is -0.0172 e. The Labute approximate surface area is 89.8 Å². The van der Waals surface area contributed by atoms with E-state index in [1.54, 1.807) is 11.1 Å². The molecular formula is C14H26. The van der Waals surface area contributed by atoms with Gasteiger partial charge in [-0.15, -0.1) is 0 Å². The summed E-state index contributed by atoms with van der Waals surface area (Å²) in [5.41, 5.74) is 3.55. The van der Waals surface area contributed by atoms with Crippen LogP contribution in [-0.2, 0) is 0 Å². The average Bonchev–Trinajstić information content (AvgIpc) is 2.46. The fourth-order valence-electron chi connectivity index (χ4n) is 2.96. The van der Waals surface area contributed by atoms with E-state index in [1.165, 1.54) is 12.8 Å². The SMILES string of the molecule is CC(C)C1=C(C(C)C)[C@@H](C(C)C)CC1. The van der Waals surface area contributed by atoms with Crippen LogP contribution in [0.1, 0.15) is 54.4 Å². The van der Waals surface area contributed by atoms with Crippen molar-refractivity contribution in [1.29, 1.82) is 0 Å². The van der Waals surface area contributed by atoms with E-state index in [0.29, 0.717) is 0 Å². The first-order valence-electron chi connectivity index (χ1n) is 6.18. The van der Waals surface area contributed by atoms with Crippen molar-refractivity contribution in [2.24, 2.45) is 23.7 Å². The minimum Gasteiger partial charge on any atom is -0.0679 e. The van der Waals surface area contributed by atoms with Gasteiger partial charge in [0.15, 0.2) is 0 Å². The van der Waals surface area contributed by atoms with Crippen molar-refractivity contribution in [1.82, 2.24) is 0 Å². The molecule has 0 aromatic carbocycles. The van der Waals surface area contributed by atoms with Crippen LogP contribution >= 0.6 is 0 Å². The maximum absolute atomic E-state index is 2.37. The van der Waals surface area contributed by atoms with Gasteiger partial charge < -0.3 is 0 Å². The first-order valence-corrected chi connectivity index (χ1v) is 6.18. The van der Waals surface area contributed by atoms with Gasteiger partial charge in [0.25, 0.3) is 0 Å². The highest BCUT2D eigenvalue weighted by Gasteiger charge is 2.30. The molecule has 1 rings (SSSR count). The molecule has 0 fully saturated rings. The van der Waals surface area contributed by atoms with E-state index < -0.39 is 0 Å². The van der Waals surface area contributed by atoms with Crippen molar-refractivity contribution in [3.05, 3.63) is 11.1 Å². The molecule has 0 nitrogen and oxygen atoms in total. The molecule has 14 heavy (non-hydrogen) atoms. The van der Waals surface area contributed by atoms with Crippen molar-refractivity contribution < 1.29 is 0 Å². The van der Waals surface area contributed by atoms with E-state index in [4.69, 9.17) is 0 Å². The van der Waals surface area contributed by atoms with Gasteiger partial charge in [0.05, 0.1) is 0 Å². The van der Waals surface area contributed by atoms with Crippen molar-refractivity contribution in [2.45, 2.75) is 54.4 Å². The van der Waals surface area contributed by atoms with Crippen LogP contribution in [0.4, 0.5) is 0 Å². The molecule has 82 valence electrons. The van der Waals surface area contributed by atoms with Crippen LogP contribution in [-0.4, -0.2) is 0 Å². The van der Waals surface area contributed by atoms with E-state index in [0.717, 1.165) is 23.7 Å². The van der Waals surface area contributed by atoms with Crippen LogP contribution in [0.15, 0.2) is 11.1 Å². The highest BCUT2D eigenvalue weighted by Crippen LogP contribution is 2.43. The molecule has 0 bridgehead atoms. The van der Waals surface area contributed by atoms with Crippen LogP contribution in [0.2, 0.25) is 0 Å². The zero-order chi connectivity index (χ0) is 10.9. The number of hydrogen-bond acceptors (Lipinski definition) is 0. The lowest BCUT2D eigenvalue weighted by Gasteiger charge is -2.23. The molecule has 0 unspecified atom stereocenters. The van der Waals surface area contributed by atoms with E-state index in [-0.39, 0.29) is 0 Å². The van der Waals surface area contributed by atoms with Gasteiger partial charge in [0.2, 0.25) is 0 Å². The van der Waals surface area contributed by atoms with Gasteiger partial charge in [0, 0.05) is 0 Å². The van der Waals surface area contributed by atoms with Crippen LogP contribution in [0, 0.1) is 23.7 Å². The molecule has 0 saturated heterocycles. The zero-order valence-corrected chi connectivity index (χ0v) is 10.7. The second-order valence-corrected chi connectivity index (χ2v) is 5.68. The summed E-state index contributed by atoms with van der Waals surface area (Å²) in [7, 11) is 0. The zero-order valence-electron chi connectivity index (χ0n) is 10.7. The van der Waals surface area contributed by atoms with Gasteiger partial charge in [-0.1, -0.05) is 52.7 Å². The first kappa shape index (κ1) is 11.8. The first-order chi connectivity index (χ1) is 6.45. The lowest BCUT2D eigenvalue weighted by atomic mass is 9.82. The minimum atomic E-state index is 0.752. The van der Waals surface area contributed by atoms with Crippen molar-refractivity contribution in [3.8, 4) is 0 Å². The monoisotopic (exact) mass is 194 g/mol. The van der Waals surface area contributed by atoms with Crippen LogP contribution in [0.25, 0.3) is 0 Å². The molecule has 0 saturated carbocycles. The Hall–Kier alpha value is -0.260. The van der Waals surface area contributed by atoms with Crippen LogP contribution in [0.3, 0.4) is 0 Å². The highest BCUT2D eigenvalue weighted by atomic mass is 14.3. The third-order valence-electron chi connectivity index (χ3n) is 3.62.